The lowest BCUT2D eigenvalue weighted by Gasteiger charge is -2.40. The number of fused-ring (bicyclic) bond motifs is 2. The third-order valence-corrected chi connectivity index (χ3v) is 8.31. The van der Waals surface area contributed by atoms with Crippen LogP contribution in [0.15, 0.2) is 18.3 Å². The number of benzene rings is 1. The van der Waals surface area contributed by atoms with Crippen LogP contribution < -0.4 is 14.8 Å². The van der Waals surface area contributed by atoms with Crippen molar-refractivity contribution in [2.45, 2.75) is 43.8 Å². The Morgan fingerprint density at radius 2 is 1.68 bits per heavy atom. The molecule has 0 bridgehead atoms. The van der Waals surface area contributed by atoms with Gasteiger partial charge >= 0.3 is 6.18 Å². The van der Waals surface area contributed by atoms with Gasteiger partial charge in [-0.3, -0.25) is 9.69 Å². The predicted molar refractivity (Wildman–Crippen MR) is 143 cm³/mol. The number of hydrogen-bond acceptors (Lipinski definition) is 8. The van der Waals surface area contributed by atoms with Crippen molar-refractivity contribution in [2.24, 2.45) is 0 Å². The molecule has 5 heterocycles. The van der Waals surface area contributed by atoms with Crippen molar-refractivity contribution in [1.82, 2.24) is 24.8 Å². The number of nitrogens with one attached hydrogen (secondary N) is 2. The molecule has 0 unspecified atom stereocenters. The smallest absolute Gasteiger partial charge is 0.418 e. The van der Waals surface area contributed by atoms with E-state index in [2.05, 4.69) is 25.2 Å². The quantitative estimate of drug-likeness (QED) is 0.466. The number of alkyl halides is 3. The zero-order valence-corrected chi connectivity index (χ0v) is 22.4. The van der Waals surface area contributed by atoms with Crippen LogP contribution in [-0.2, 0) is 10.9 Å². The van der Waals surface area contributed by atoms with Crippen LogP contribution in [0.4, 0.5) is 24.8 Å². The average molecular weight is 573 g/mol. The van der Waals surface area contributed by atoms with Crippen molar-refractivity contribution in [1.29, 1.82) is 0 Å². The molecular weight excluding hydrogens is 541 g/mol. The van der Waals surface area contributed by atoms with Crippen molar-refractivity contribution in [2.75, 3.05) is 57.9 Å². The molecule has 41 heavy (non-hydrogen) atoms. The standard InChI is InChI=1S/C28H31F3N6O4/c29-28(30,31)19-15-32-25-21(19)22(16-1-2-16)34-27(35-25)33-20-4-3-18(23-24(20)41-14-13-40-23)26(38)37-7-5-17(6-8-37)36-9-11-39-12-10-36/h3-4,15-17H,1-2,5-14H2,(H2,32,33,34,35). The van der Waals surface area contributed by atoms with E-state index in [0.717, 1.165) is 58.2 Å². The van der Waals surface area contributed by atoms with E-state index < -0.39 is 11.7 Å². The van der Waals surface area contributed by atoms with Gasteiger partial charge in [0.2, 0.25) is 5.95 Å². The molecule has 7 rings (SSSR count). The molecule has 3 fully saturated rings. The van der Waals surface area contributed by atoms with E-state index >= 15 is 0 Å². The molecule has 0 spiro atoms. The van der Waals surface area contributed by atoms with Crippen molar-refractivity contribution in [3.63, 3.8) is 0 Å². The lowest BCUT2D eigenvalue weighted by atomic mass is 10.0. The first-order valence-electron chi connectivity index (χ1n) is 14.1. The lowest BCUT2D eigenvalue weighted by molar-refractivity contribution is -0.136. The molecule has 1 aliphatic carbocycles. The van der Waals surface area contributed by atoms with E-state index in [9.17, 15) is 18.0 Å². The van der Waals surface area contributed by atoms with Crippen LogP contribution in [0.2, 0.25) is 0 Å². The Bertz CT molecular complexity index is 1460. The van der Waals surface area contributed by atoms with Gasteiger partial charge in [0.25, 0.3) is 5.91 Å². The minimum atomic E-state index is -4.51. The Morgan fingerprint density at radius 1 is 0.951 bits per heavy atom. The lowest BCUT2D eigenvalue weighted by Crippen LogP contribution is -2.50. The number of anilines is 2. The summed E-state index contributed by atoms with van der Waals surface area (Å²) in [5, 5.41) is 3.13. The Morgan fingerprint density at radius 3 is 2.39 bits per heavy atom. The number of hydrogen-bond donors (Lipinski definition) is 2. The van der Waals surface area contributed by atoms with Crippen molar-refractivity contribution < 1.29 is 32.2 Å². The summed E-state index contributed by atoms with van der Waals surface area (Å²) in [6, 6.07) is 3.86. The molecule has 1 amide bonds. The fraction of sp³-hybridized carbons (Fsp3) is 0.536. The number of piperidine rings is 1. The molecule has 2 N–H and O–H groups in total. The van der Waals surface area contributed by atoms with Crippen LogP contribution in [0, 0.1) is 0 Å². The zero-order chi connectivity index (χ0) is 28.1. The number of aromatic amines is 1. The second kappa shape index (κ2) is 10.4. The molecule has 13 heteroatoms. The number of amides is 1. The normalized spacial score (nSPS) is 20.4. The molecular formula is C28H31F3N6O4. The summed E-state index contributed by atoms with van der Waals surface area (Å²) in [7, 11) is 0. The number of likely N-dealkylation sites (tertiary alicyclic amines) is 1. The second-order valence-corrected chi connectivity index (χ2v) is 10.9. The van der Waals surface area contributed by atoms with E-state index in [4.69, 9.17) is 14.2 Å². The van der Waals surface area contributed by atoms with E-state index in [0.29, 0.717) is 60.8 Å². The zero-order valence-electron chi connectivity index (χ0n) is 22.4. The Balaban J connectivity index is 1.14. The maximum atomic E-state index is 13.6. The van der Waals surface area contributed by atoms with E-state index in [1.165, 1.54) is 0 Å². The summed E-state index contributed by atoms with van der Waals surface area (Å²) in [6.07, 6.45) is -0.198. The molecule has 1 aromatic carbocycles. The van der Waals surface area contributed by atoms with Gasteiger partial charge in [-0.1, -0.05) is 0 Å². The fourth-order valence-corrected chi connectivity index (χ4v) is 6.06. The van der Waals surface area contributed by atoms with Gasteiger partial charge < -0.3 is 29.4 Å². The monoisotopic (exact) mass is 572 g/mol. The predicted octanol–water partition coefficient (Wildman–Crippen LogP) is 4.31. The molecule has 0 radical (unpaired) electrons. The van der Waals surface area contributed by atoms with Gasteiger partial charge in [0, 0.05) is 44.3 Å². The molecule has 3 aromatic rings. The highest BCUT2D eigenvalue weighted by molar-refractivity contribution is 5.99. The highest BCUT2D eigenvalue weighted by Gasteiger charge is 2.39. The fourth-order valence-electron chi connectivity index (χ4n) is 6.06. The summed E-state index contributed by atoms with van der Waals surface area (Å²) in [4.78, 5) is 29.4. The van der Waals surface area contributed by atoms with Gasteiger partial charge in [0.1, 0.15) is 18.9 Å². The van der Waals surface area contributed by atoms with Crippen molar-refractivity contribution in [3.05, 3.63) is 35.2 Å². The molecule has 2 saturated heterocycles. The Labute approximate surface area is 234 Å². The number of H-pyrrole nitrogens is 1. The highest BCUT2D eigenvalue weighted by atomic mass is 19.4. The Hall–Kier alpha value is -3.58. The average Bonchev–Trinajstić information content (AvgIpc) is 3.74. The SMILES string of the molecule is O=C(c1ccc(Nc2nc(C3CC3)c3c(C(F)(F)F)c[nH]c3n2)c2c1OCCO2)N1CCC(N2CCOCC2)CC1. The molecule has 3 aliphatic heterocycles. The summed E-state index contributed by atoms with van der Waals surface area (Å²) in [5.74, 6) is 0.710. The first kappa shape index (κ1) is 26.3. The van der Waals surface area contributed by atoms with Gasteiger partial charge in [-0.15, -0.1) is 0 Å². The van der Waals surface area contributed by atoms with Gasteiger partial charge in [0.05, 0.1) is 41.1 Å². The van der Waals surface area contributed by atoms with Gasteiger partial charge in [0.15, 0.2) is 11.5 Å². The second-order valence-electron chi connectivity index (χ2n) is 10.9. The van der Waals surface area contributed by atoms with Crippen LogP contribution in [0.25, 0.3) is 11.0 Å². The molecule has 1 saturated carbocycles. The van der Waals surface area contributed by atoms with Crippen LogP contribution in [0.5, 0.6) is 11.5 Å². The topological polar surface area (TPSA) is 105 Å². The molecule has 2 aromatic heterocycles. The largest absolute Gasteiger partial charge is 0.485 e. The van der Waals surface area contributed by atoms with Gasteiger partial charge in [-0.2, -0.15) is 18.2 Å². The van der Waals surface area contributed by atoms with Gasteiger partial charge in [-0.25, -0.2) is 4.98 Å². The van der Waals surface area contributed by atoms with Gasteiger partial charge in [-0.05, 0) is 37.8 Å². The first-order valence-corrected chi connectivity index (χ1v) is 14.1. The third kappa shape index (κ3) is 5.05. The van der Waals surface area contributed by atoms with Crippen LogP contribution in [-0.4, -0.2) is 89.3 Å². The van der Waals surface area contributed by atoms with Crippen LogP contribution in [0.1, 0.15) is 53.2 Å². The van der Waals surface area contributed by atoms with Crippen molar-refractivity contribution >= 4 is 28.6 Å². The number of nitrogens with zero attached hydrogens (tertiary/aromatic N) is 4. The summed E-state index contributed by atoms with van der Waals surface area (Å²) in [6.45, 7) is 5.27. The summed E-state index contributed by atoms with van der Waals surface area (Å²) >= 11 is 0. The van der Waals surface area contributed by atoms with Crippen molar-refractivity contribution in [3.8, 4) is 11.5 Å². The maximum Gasteiger partial charge on any atom is 0.418 e. The summed E-state index contributed by atoms with van der Waals surface area (Å²) in [5.41, 5.74) is 0.640. The van der Waals surface area contributed by atoms with E-state index in [1.54, 1.807) is 12.1 Å². The van der Waals surface area contributed by atoms with E-state index in [-0.39, 0.29) is 28.8 Å². The number of carbonyl (C=O) groups excluding carboxylic acids is 1. The molecule has 0 atom stereocenters. The number of halogens is 3. The van der Waals surface area contributed by atoms with Crippen LogP contribution >= 0.6 is 0 Å². The summed E-state index contributed by atoms with van der Waals surface area (Å²) < 4.78 is 58.2. The number of carbonyl (C=O) groups is 1. The molecule has 10 nitrogen and oxygen atoms in total. The number of rotatable bonds is 5. The van der Waals surface area contributed by atoms with Crippen LogP contribution in [0.3, 0.4) is 0 Å². The molecule has 4 aliphatic rings. The number of morpholine rings is 1. The number of ether oxygens (including phenoxy) is 3. The Kier molecular flexibility index (Phi) is 6.65. The number of aromatic nitrogens is 3. The maximum absolute atomic E-state index is 13.6. The highest BCUT2D eigenvalue weighted by Crippen LogP contribution is 2.47. The molecule has 218 valence electrons. The first-order chi connectivity index (χ1) is 19.9. The van der Waals surface area contributed by atoms with E-state index in [1.807, 2.05) is 4.90 Å². The third-order valence-electron chi connectivity index (χ3n) is 8.31. The minimum Gasteiger partial charge on any atom is -0.485 e. The minimum absolute atomic E-state index is 0.0190.